The highest BCUT2D eigenvalue weighted by atomic mass is 32.2. The average Bonchev–Trinajstić information content (AvgIpc) is 2.69. The van der Waals surface area contributed by atoms with Gasteiger partial charge in [0.15, 0.2) is 0 Å². The van der Waals surface area contributed by atoms with Crippen LogP contribution in [0.15, 0.2) is 54.6 Å². The van der Waals surface area contributed by atoms with Crippen LogP contribution in [-0.4, -0.2) is 31.7 Å². The Morgan fingerprint density at radius 3 is 2.29 bits per heavy atom. The fourth-order valence-electron chi connectivity index (χ4n) is 3.54. The molecule has 1 aliphatic heterocycles. The Kier molecular flexibility index (Phi) is 6.52. The van der Waals surface area contributed by atoms with Crippen LogP contribution < -0.4 is 5.32 Å². The van der Waals surface area contributed by atoms with Gasteiger partial charge < -0.3 is 5.32 Å². The van der Waals surface area contributed by atoms with Gasteiger partial charge in [-0.3, -0.25) is 4.79 Å². The monoisotopic (exact) mass is 400 g/mol. The van der Waals surface area contributed by atoms with Gasteiger partial charge in [-0.05, 0) is 37.8 Å². The van der Waals surface area contributed by atoms with Gasteiger partial charge in [0.25, 0.3) is 0 Å². The summed E-state index contributed by atoms with van der Waals surface area (Å²) >= 11 is 0. The maximum atomic E-state index is 12.6. The number of rotatable bonds is 6. The van der Waals surface area contributed by atoms with E-state index < -0.39 is 10.0 Å². The van der Waals surface area contributed by atoms with Crippen molar-refractivity contribution in [3.8, 4) is 0 Å². The Balaban J connectivity index is 1.53. The topological polar surface area (TPSA) is 66.5 Å². The van der Waals surface area contributed by atoms with Crippen LogP contribution in [0, 0.1) is 12.8 Å². The molecular weight excluding hydrogens is 372 g/mol. The Labute approximate surface area is 167 Å². The Morgan fingerprint density at radius 1 is 1.07 bits per heavy atom. The fraction of sp³-hybridized carbons (Fsp3) is 0.409. The fourth-order valence-corrected chi connectivity index (χ4v) is 5.11. The zero-order valence-electron chi connectivity index (χ0n) is 16.5. The molecule has 0 bridgehead atoms. The van der Waals surface area contributed by atoms with E-state index in [4.69, 9.17) is 0 Å². The van der Waals surface area contributed by atoms with Gasteiger partial charge in [0.1, 0.15) is 0 Å². The molecule has 0 spiro atoms. The standard InChI is InChI=1S/C22H28N2O3S/c1-17-8-10-20(11-9-17)18(2)23-22(25)21-12-14-24(15-13-21)28(26,27)16-19-6-4-3-5-7-19/h3-11,18,21H,12-16H2,1-2H3,(H,23,25)/t18-/m0/s1. The van der Waals surface area contributed by atoms with E-state index in [0.29, 0.717) is 25.9 Å². The van der Waals surface area contributed by atoms with Crippen molar-refractivity contribution in [2.75, 3.05) is 13.1 Å². The summed E-state index contributed by atoms with van der Waals surface area (Å²) in [4.78, 5) is 12.6. The second-order valence-electron chi connectivity index (χ2n) is 7.56. The van der Waals surface area contributed by atoms with E-state index in [9.17, 15) is 13.2 Å². The molecule has 6 heteroatoms. The van der Waals surface area contributed by atoms with E-state index in [1.54, 1.807) is 0 Å². The zero-order chi connectivity index (χ0) is 20.1. The van der Waals surface area contributed by atoms with Crippen molar-refractivity contribution in [1.82, 2.24) is 9.62 Å². The van der Waals surface area contributed by atoms with Gasteiger partial charge in [-0.25, -0.2) is 12.7 Å². The lowest BCUT2D eigenvalue weighted by atomic mass is 9.96. The first-order valence-electron chi connectivity index (χ1n) is 9.74. The number of hydrogen-bond donors (Lipinski definition) is 1. The highest BCUT2D eigenvalue weighted by molar-refractivity contribution is 7.88. The lowest BCUT2D eigenvalue weighted by Crippen LogP contribution is -2.43. The van der Waals surface area contributed by atoms with Crippen molar-refractivity contribution in [2.45, 2.75) is 38.5 Å². The number of benzene rings is 2. The number of nitrogens with one attached hydrogen (secondary N) is 1. The van der Waals surface area contributed by atoms with Gasteiger partial charge in [0, 0.05) is 19.0 Å². The summed E-state index contributed by atoms with van der Waals surface area (Å²) in [5, 5.41) is 3.07. The molecular formula is C22H28N2O3S. The summed E-state index contributed by atoms with van der Waals surface area (Å²) in [7, 11) is -3.35. The third-order valence-electron chi connectivity index (χ3n) is 5.35. The quantitative estimate of drug-likeness (QED) is 0.808. The van der Waals surface area contributed by atoms with Crippen LogP contribution in [0.25, 0.3) is 0 Å². The van der Waals surface area contributed by atoms with Crippen molar-refractivity contribution in [3.63, 3.8) is 0 Å². The van der Waals surface area contributed by atoms with Crippen LogP contribution in [0.4, 0.5) is 0 Å². The Hall–Kier alpha value is -2.18. The number of hydrogen-bond acceptors (Lipinski definition) is 3. The Morgan fingerprint density at radius 2 is 1.68 bits per heavy atom. The van der Waals surface area contributed by atoms with E-state index in [0.717, 1.165) is 11.1 Å². The van der Waals surface area contributed by atoms with Crippen molar-refractivity contribution in [1.29, 1.82) is 0 Å². The Bertz CT molecular complexity index is 887. The third kappa shape index (κ3) is 5.20. The molecule has 2 aromatic rings. The minimum atomic E-state index is -3.35. The molecule has 3 rings (SSSR count). The molecule has 0 radical (unpaired) electrons. The van der Waals surface area contributed by atoms with E-state index in [1.165, 1.54) is 9.87 Å². The van der Waals surface area contributed by atoms with Gasteiger partial charge in [0.05, 0.1) is 11.8 Å². The molecule has 1 saturated heterocycles. The number of aryl methyl sites for hydroxylation is 1. The molecule has 1 atom stereocenters. The van der Waals surface area contributed by atoms with Crippen molar-refractivity contribution in [3.05, 3.63) is 71.3 Å². The maximum Gasteiger partial charge on any atom is 0.223 e. The summed E-state index contributed by atoms with van der Waals surface area (Å²) < 4.78 is 26.8. The SMILES string of the molecule is Cc1ccc([C@H](C)NC(=O)C2CCN(S(=O)(=O)Cc3ccccc3)CC2)cc1. The van der Waals surface area contributed by atoms with Crippen molar-refractivity contribution < 1.29 is 13.2 Å². The third-order valence-corrected chi connectivity index (χ3v) is 7.20. The van der Waals surface area contributed by atoms with E-state index in [2.05, 4.69) is 5.32 Å². The maximum absolute atomic E-state index is 12.6. The van der Waals surface area contributed by atoms with Crippen LogP contribution in [0.2, 0.25) is 0 Å². The van der Waals surface area contributed by atoms with Crippen LogP contribution in [0.5, 0.6) is 0 Å². The smallest absolute Gasteiger partial charge is 0.223 e. The molecule has 28 heavy (non-hydrogen) atoms. The van der Waals surface area contributed by atoms with Gasteiger partial charge in [-0.1, -0.05) is 60.2 Å². The molecule has 0 unspecified atom stereocenters. The minimum absolute atomic E-state index is 0.00758. The first kappa shape index (κ1) is 20.6. The highest BCUT2D eigenvalue weighted by Gasteiger charge is 2.31. The van der Waals surface area contributed by atoms with Gasteiger partial charge in [-0.15, -0.1) is 0 Å². The van der Waals surface area contributed by atoms with Crippen molar-refractivity contribution in [2.24, 2.45) is 5.92 Å². The lowest BCUT2D eigenvalue weighted by Gasteiger charge is -2.31. The molecule has 1 fully saturated rings. The molecule has 0 saturated carbocycles. The predicted molar refractivity (Wildman–Crippen MR) is 111 cm³/mol. The molecule has 0 aliphatic carbocycles. The molecule has 1 aliphatic rings. The highest BCUT2D eigenvalue weighted by Crippen LogP contribution is 2.23. The van der Waals surface area contributed by atoms with Crippen LogP contribution in [-0.2, 0) is 20.6 Å². The molecule has 5 nitrogen and oxygen atoms in total. The minimum Gasteiger partial charge on any atom is -0.349 e. The van der Waals surface area contributed by atoms with E-state index in [1.807, 2.05) is 68.4 Å². The number of amides is 1. The van der Waals surface area contributed by atoms with E-state index >= 15 is 0 Å². The molecule has 2 aromatic carbocycles. The van der Waals surface area contributed by atoms with Crippen LogP contribution in [0.3, 0.4) is 0 Å². The normalized spacial score (nSPS) is 17.2. The predicted octanol–water partition coefficient (Wildman–Crippen LogP) is 3.41. The summed E-state index contributed by atoms with van der Waals surface area (Å²) in [6.07, 6.45) is 1.11. The van der Waals surface area contributed by atoms with Gasteiger partial charge >= 0.3 is 0 Å². The summed E-state index contributed by atoms with van der Waals surface area (Å²) in [6, 6.07) is 17.3. The first-order chi connectivity index (χ1) is 13.3. The van der Waals surface area contributed by atoms with Gasteiger partial charge in [0.2, 0.25) is 15.9 Å². The number of sulfonamides is 1. The molecule has 1 amide bonds. The second-order valence-corrected chi connectivity index (χ2v) is 9.53. The van der Waals surface area contributed by atoms with Crippen LogP contribution in [0.1, 0.15) is 42.5 Å². The molecule has 150 valence electrons. The summed E-state index contributed by atoms with van der Waals surface area (Å²) in [5.41, 5.74) is 3.04. The zero-order valence-corrected chi connectivity index (χ0v) is 17.3. The lowest BCUT2D eigenvalue weighted by molar-refractivity contribution is -0.126. The molecule has 1 N–H and O–H groups in total. The number of carbonyl (C=O) groups is 1. The van der Waals surface area contributed by atoms with Crippen molar-refractivity contribution >= 4 is 15.9 Å². The van der Waals surface area contributed by atoms with Gasteiger partial charge in [-0.2, -0.15) is 0 Å². The summed E-state index contributed by atoms with van der Waals surface area (Å²) in [6.45, 7) is 4.80. The number of piperidine rings is 1. The van der Waals surface area contributed by atoms with E-state index in [-0.39, 0.29) is 23.6 Å². The summed E-state index contributed by atoms with van der Waals surface area (Å²) in [5.74, 6) is -0.126. The largest absolute Gasteiger partial charge is 0.349 e. The van der Waals surface area contributed by atoms with Crippen LogP contribution >= 0.6 is 0 Å². The molecule has 0 aromatic heterocycles. The molecule has 1 heterocycles. The number of carbonyl (C=O) groups excluding carboxylic acids is 1. The average molecular weight is 401 g/mol. The first-order valence-corrected chi connectivity index (χ1v) is 11.3. The number of nitrogens with zero attached hydrogens (tertiary/aromatic N) is 1. The second kappa shape index (κ2) is 8.88.